The molecular formula is C22H14Cl2N2O2. The van der Waals surface area contributed by atoms with E-state index in [9.17, 15) is 4.79 Å². The molecule has 4 aromatic rings. The van der Waals surface area contributed by atoms with Crippen molar-refractivity contribution in [1.82, 2.24) is 4.98 Å². The third-order valence-corrected chi connectivity index (χ3v) is 4.75. The maximum Gasteiger partial charge on any atom is 0.255 e. The number of ether oxygens (including phenoxy) is 1. The van der Waals surface area contributed by atoms with Crippen LogP contribution in [-0.2, 0) is 0 Å². The molecule has 0 unspecified atom stereocenters. The molecule has 0 aliphatic carbocycles. The monoisotopic (exact) mass is 408 g/mol. The number of rotatable bonds is 4. The van der Waals surface area contributed by atoms with Crippen LogP contribution in [0.15, 0.2) is 79.0 Å². The number of nitrogens with zero attached hydrogens (tertiary/aromatic N) is 1. The summed E-state index contributed by atoms with van der Waals surface area (Å²) in [5.41, 5.74) is 1.79. The first-order chi connectivity index (χ1) is 13.6. The molecule has 0 saturated heterocycles. The van der Waals surface area contributed by atoms with Crippen LogP contribution in [0, 0.1) is 0 Å². The van der Waals surface area contributed by atoms with Gasteiger partial charge >= 0.3 is 0 Å². The van der Waals surface area contributed by atoms with Gasteiger partial charge in [0.05, 0.1) is 10.0 Å². The van der Waals surface area contributed by atoms with Gasteiger partial charge in [-0.05, 0) is 54.6 Å². The van der Waals surface area contributed by atoms with E-state index in [1.54, 1.807) is 48.7 Å². The van der Waals surface area contributed by atoms with Crippen molar-refractivity contribution in [1.29, 1.82) is 0 Å². The Hall–Kier alpha value is -3.08. The van der Waals surface area contributed by atoms with Gasteiger partial charge in [-0.15, -0.1) is 0 Å². The van der Waals surface area contributed by atoms with E-state index < -0.39 is 0 Å². The Kier molecular flexibility index (Phi) is 5.15. The molecular weight excluding hydrogens is 395 g/mol. The summed E-state index contributed by atoms with van der Waals surface area (Å²) in [7, 11) is 0. The summed E-state index contributed by atoms with van der Waals surface area (Å²) in [5, 5.41) is 4.58. The van der Waals surface area contributed by atoms with Crippen LogP contribution in [0.2, 0.25) is 10.0 Å². The van der Waals surface area contributed by atoms with E-state index in [1.807, 2.05) is 30.3 Å². The Bertz CT molecular complexity index is 1160. The standard InChI is InChI=1S/C22H14Cl2N2O2/c23-17-9-11-20(21-16(17)7-4-12-25-21)28-19-10-8-15(13-18(19)24)26-22(27)14-5-2-1-3-6-14/h1-13H,(H,26,27). The third-order valence-electron chi connectivity index (χ3n) is 4.13. The van der Waals surface area contributed by atoms with Gasteiger partial charge in [-0.3, -0.25) is 9.78 Å². The summed E-state index contributed by atoms with van der Waals surface area (Å²) in [4.78, 5) is 16.6. The lowest BCUT2D eigenvalue weighted by Gasteiger charge is -2.12. The van der Waals surface area contributed by atoms with Gasteiger partial charge < -0.3 is 10.1 Å². The summed E-state index contributed by atoms with van der Waals surface area (Å²) in [5.74, 6) is 0.787. The first kappa shape index (κ1) is 18.3. The molecule has 0 bridgehead atoms. The average molecular weight is 409 g/mol. The summed E-state index contributed by atoms with van der Waals surface area (Å²) < 4.78 is 5.96. The molecule has 4 rings (SSSR count). The lowest BCUT2D eigenvalue weighted by Crippen LogP contribution is -2.11. The zero-order valence-corrected chi connectivity index (χ0v) is 16.0. The number of aromatic nitrogens is 1. The van der Waals surface area contributed by atoms with Crippen molar-refractivity contribution in [3.8, 4) is 11.5 Å². The van der Waals surface area contributed by atoms with E-state index in [1.165, 1.54) is 0 Å². The number of hydrogen-bond donors (Lipinski definition) is 1. The predicted molar refractivity (Wildman–Crippen MR) is 113 cm³/mol. The Morgan fingerprint density at radius 2 is 1.64 bits per heavy atom. The molecule has 138 valence electrons. The number of carbonyl (C=O) groups is 1. The topological polar surface area (TPSA) is 51.2 Å². The number of benzene rings is 3. The summed E-state index contributed by atoms with van der Waals surface area (Å²) in [6.45, 7) is 0. The van der Waals surface area contributed by atoms with Crippen LogP contribution >= 0.6 is 23.2 Å². The van der Waals surface area contributed by atoms with Gasteiger partial charge in [0, 0.05) is 22.8 Å². The molecule has 0 aliphatic heterocycles. The Morgan fingerprint density at radius 3 is 2.43 bits per heavy atom. The number of nitrogens with one attached hydrogen (secondary N) is 1. The fraction of sp³-hybridized carbons (Fsp3) is 0. The third kappa shape index (κ3) is 3.79. The van der Waals surface area contributed by atoms with Gasteiger partial charge in [0.2, 0.25) is 0 Å². The SMILES string of the molecule is O=C(Nc1ccc(Oc2ccc(Cl)c3cccnc23)c(Cl)c1)c1ccccc1. The number of anilines is 1. The summed E-state index contributed by atoms with van der Waals surface area (Å²) in [6, 6.07) is 21.2. The number of pyridine rings is 1. The average Bonchev–Trinajstić information content (AvgIpc) is 2.72. The van der Waals surface area contributed by atoms with E-state index in [4.69, 9.17) is 27.9 Å². The Labute approximate surface area is 171 Å². The highest BCUT2D eigenvalue weighted by Crippen LogP contribution is 2.36. The predicted octanol–water partition coefficient (Wildman–Crippen LogP) is 6.59. The van der Waals surface area contributed by atoms with E-state index >= 15 is 0 Å². The van der Waals surface area contributed by atoms with Crippen LogP contribution in [0.3, 0.4) is 0 Å². The van der Waals surface area contributed by atoms with Crippen molar-refractivity contribution in [3.05, 3.63) is 94.6 Å². The van der Waals surface area contributed by atoms with Gasteiger partial charge in [0.1, 0.15) is 11.3 Å². The van der Waals surface area contributed by atoms with E-state index in [2.05, 4.69) is 10.3 Å². The molecule has 4 nitrogen and oxygen atoms in total. The largest absolute Gasteiger partial charge is 0.454 e. The lowest BCUT2D eigenvalue weighted by atomic mass is 10.2. The van der Waals surface area contributed by atoms with Crippen LogP contribution in [0.25, 0.3) is 10.9 Å². The van der Waals surface area contributed by atoms with E-state index in [-0.39, 0.29) is 5.91 Å². The van der Waals surface area contributed by atoms with Crippen LogP contribution in [-0.4, -0.2) is 10.9 Å². The Morgan fingerprint density at radius 1 is 0.857 bits per heavy atom. The molecule has 0 radical (unpaired) electrons. The van der Waals surface area contributed by atoms with Gasteiger partial charge in [-0.1, -0.05) is 41.4 Å². The second kappa shape index (κ2) is 7.89. The molecule has 28 heavy (non-hydrogen) atoms. The number of fused-ring (bicyclic) bond motifs is 1. The van der Waals surface area contributed by atoms with E-state index in [0.29, 0.717) is 38.3 Å². The number of amides is 1. The minimum absolute atomic E-state index is 0.210. The maximum atomic E-state index is 12.3. The minimum atomic E-state index is -0.210. The first-order valence-corrected chi connectivity index (χ1v) is 9.24. The molecule has 1 N–H and O–H groups in total. The Balaban J connectivity index is 1.58. The van der Waals surface area contributed by atoms with Crippen molar-refractivity contribution >= 4 is 45.7 Å². The van der Waals surface area contributed by atoms with Gasteiger partial charge in [-0.2, -0.15) is 0 Å². The second-order valence-electron chi connectivity index (χ2n) is 6.01. The number of carbonyl (C=O) groups excluding carboxylic acids is 1. The normalized spacial score (nSPS) is 10.6. The van der Waals surface area contributed by atoms with E-state index in [0.717, 1.165) is 5.39 Å². The highest BCUT2D eigenvalue weighted by Gasteiger charge is 2.12. The quantitative estimate of drug-likeness (QED) is 0.414. The highest BCUT2D eigenvalue weighted by molar-refractivity contribution is 6.35. The second-order valence-corrected chi connectivity index (χ2v) is 6.83. The smallest absolute Gasteiger partial charge is 0.255 e. The molecule has 0 atom stereocenters. The zero-order valence-electron chi connectivity index (χ0n) is 14.5. The van der Waals surface area contributed by atoms with Crippen molar-refractivity contribution in [3.63, 3.8) is 0 Å². The molecule has 1 heterocycles. The van der Waals surface area contributed by atoms with Crippen molar-refractivity contribution < 1.29 is 9.53 Å². The highest BCUT2D eigenvalue weighted by atomic mass is 35.5. The van der Waals surface area contributed by atoms with Gasteiger partial charge in [0.15, 0.2) is 5.75 Å². The van der Waals surface area contributed by atoms with Crippen molar-refractivity contribution in [2.24, 2.45) is 0 Å². The van der Waals surface area contributed by atoms with Crippen LogP contribution in [0.5, 0.6) is 11.5 Å². The molecule has 1 amide bonds. The van der Waals surface area contributed by atoms with Gasteiger partial charge in [0.25, 0.3) is 5.91 Å². The van der Waals surface area contributed by atoms with Crippen LogP contribution in [0.1, 0.15) is 10.4 Å². The van der Waals surface area contributed by atoms with Crippen LogP contribution in [0.4, 0.5) is 5.69 Å². The summed E-state index contributed by atoms with van der Waals surface area (Å²) >= 11 is 12.6. The number of halogens is 2. The number of hydrogen-bond acceptors (Lipinski definition) is 3. The zero-order chi connectivity index (χ0) is 19.5. The molecule has 0 saturated carbocycles. The van der Waals surface area contributed by atoms with Crippen LogP contribution < -0.4 is 10.1 Å². The minimum Gasteiger partial charge on any atom is -0.454 e. The molecule has 0 aliphatic rings. The lowest BCUT2D eigenvalue weighted by molar-refractivity contribution is 0.102. The molecule has 1 aromatic heterocycles. The fourth-order valence-corrected chi connectivity index (χ4v) is 3.20. The molecule has 6 heteroatoms. The molecule has 0 spiro atoms. The van der Waals surface area contributed by atoms with Gasteiger partial charge in [-0.25, -0.2) is 0 Å². The molecule has 3 aromatic carbocycles. The van der Waals surface area contributed by atoms with Crippen molar-refractivity contribution in [2.45, 2.75) is 0 Å². The summed E-state index contributed by atoms with van der Waals surface area (Å²) in [6.07, 6.45) is 1.68. The maximum absolute atomic E-state index is 12.3. The fourth-order valence-electron chi connectivity index (χ4n) is 2.77. The van der Waals surface area contributed by atoms with Crippen molar-refractivity contribution in [2.75, 3.05) is 5.32 Å². The first-order valence-electron chi connectivity index (χ1n) is 8.49. The molecule has 0 fully saturated rings.